The molecule has 0 unspecified atom stereocenters. The molecule has 0 saturated carbocycles. The summed E-state index contributed by atoms with van der Waals surface area (Å²) in [6, 6.07) is 31.1. The first kappa shape index (κ1) is 18.0. The van der Waals surface area contributed by atoms with Crippen molar-refractivity contribution in [1.29, 1.82) is 0 Å². The smallest absolute Gasteiger partial charge is 0.0976 e. The molecule has 27 heavy (non-hydrogen) atoms. The van der Waals surface area contributed by atoms with Crippen molar-refractivity contribution in [2.24, 2.45) is 0 Å². The van der Waals surface area contributed by atoms with Crippen LogP contribution in [0.3, 0.4) is 0 Å². The van der Waals surface area contributed by atoms with Gasteiger partial charge < -0.3 is 5.32 Å². The molecule has 138 valence electrons. The van der Waals surface area contributed by atoms with Gasteiger partial charge in [0.05, 0.1) is 5.54 Å². The number of hydrogen-bond acceptors (Lipinski definition) is 2. The number of rotatable bonds is 5. The Morgan fingerprint density at radius 2 is 1.26 bits per heavy atom. The topological polar surface area (TPSA) is 15.3 Å². The standard InChI is InChI=1S/C25H28N2/c1-2-21-11-9-10-16-24(21)25(22-12-5-3-6-13-22,23-14-7-4-8-15-23)27-19-17-26-18-20-27/h3-16,26H,2,17-20H2,1H3. The summed E-state index contributed by atoms with van der Waals surface area (Å²) in [6.45, 7) is 6.37. The molecule has 3 aromatic rings. The van der Waals surface area contributed by atoms with E-state index in [4.69, 9.17) is 0 Å². The van der Waals surface area contributed by atoms with Crippen LogP contribution in [0.1, 0.15) is 29.2 Å². The van der Waals surface area contributed by atoms with Gasteiger partial charge in [0.15, 0.2) is 0 Å². The lowest BCUT2D eigenvalue weighted by Crippen LogP contribution is -2.55. The van der Waals surface area contributed by atoms with E-state index in [1.54, 1.807) is 0 Å². The Morgan fingerprint density at radius 1 is 0.741 bits per heavy atom. The molecular weight excluding hydrogens is 328 g/mol. The van der Waals surface area contributed by atoms with E-state index in [-0.39, 0.29) is 5.54 Å². The first-order valence-corrected chi connectivity index (χ1v) is 10.0. The van der Waals surface area contributed by atoms with Crippen molar-refractivity contribution >= 4 is 0 Å². The highest BCUT2D eigenvalue weighted by Crippen LogP contribution is 2.43. The Morgan fingerprint density at radius 3 is 1.81 bits per heavy atom. The van der Waals surface area contributed by atoms with Crippen molar-refractivity contribution < 1.29 is 0 Å². The van der Waals surface area contributed by atoms with Crippen molar-refractivity contribution in [3.05, 3.63) is 107 Å². The molecule has 1 saturated heterocycles. The maximum absolute atomic E-state index is 3.53. The van der Waals surface area contributed by atoms with Crippen LogP contribution in [0.25, 0.3) is 0 Å². The lowest BCUT2D eigenvalue weighted by atomic mass is 9.73. The van der Waals surface area contributed by atoms with Gasteiger partial charge in [0.25, 0.3) is 0 Å². The SMILES string of the molecule is CCc1ccccc1C(c1ccccc1)(c1ccccc1)N1CCNCC1. The molecule has 0 aliphatic carbocycles. The normalized spacial score (nSPS) is 15.6. The summed E-state index contributed by atoms with van der Waals surface area (Å²) in [6.07, 6.45) is 1.03. The van der Waals surface area contributed by atoms with Gasteiger partial charge in [-0.15, -0.1) is 0 Å². The number of aryl methyl sites for hydroxylation is 1. The molecule has 0 radical (unpaired) electrons. The lowest BCUT2D eigenvalue weighted by Gasteiger charge is -2.48. The Hall–Kier alpha value is -2.42. The van der Waals surface area contributed by atoms with E-state index in [1.807, 2.05) is 0 Å². The third kappa shape index (κ3) is 3.20. The fourth-order valence-corrected chi connectivity index (χ4v) is 4.55. The van der Waals surface area contributed by atoms with Crippen molar-refractivity contribution in [3.63, 3.8) is 0 Å². The van der Waals surface area contributed by atoms with Crippen molar-refractivity contribution in [2.45, 2.75) is 18.9 Å². The number of hydrogen-bond donors (Lipinski definition) is 1. The van der Waals surface area contributed by atoms with E-state index in [0.29, 0.717) is 0 Å². The van der Waals surface area contributed by atoms with Crippen LogP contribution < -0.4 is 5.32 Å². The summed E-state index contributed by atoms with van der Waals surface area (Å²) in [5.74, 6) is 0. The highest BCUT2D eigenvalue weighted by Gasteiger charge is 2.43. The number of nitrogens with zero attached hydrogens (tertiary/aromatic N) is 1. The van der Waals surface area contributed by atoms with Gasteiger partial charge in [0.2, 0.25) is 0 Å². The number of nitrogens with one attached hydrogen (secondary N) is 1. The van der Waals surface area contributed by atoms with Crippen molar-refractivity contribution in [3.8, 4) is 0 Å². The Bertz CT molecular complexity index is 812. The highest BCUT2D eigenvalue weighted by molar-refractivity contribution is 5.52. The summed E-state index contributed by atoms with van der Waals surface area (Å²) >= 11 is 0. The number of benzene rings is 3. The molecule has 3 aromatic carbocycles. The summed E-state index contributed by atoms with van der Waals surface area (Å²) in [5.41, 5.74) is 5.26. The Kier molecular flexibility index (Phi) is 5.38. The van der Waals surface area contributed by atoms with E-state index in [9.17, 15) is 0 Å². The second-order valence-electron chi connectivity index (χ2n) is 7.19. The van der Waals surface area contributed by atoms with Gasteiger partial charge in [0.1, 0.15) is 0 Å². The fourth-order valence-electron chi connectivity index (χ4n) is 4.55. The fraction of sp³-hybridized carbons (Fsp3) is 0.280. The maximum atomic E-state index is 3.53. The zero-order chi connectivity index (χ0) is 18.5. The largest absolute Gasteiger partial charge is 0.314 e. The van der Waals surface area contributed by atoms with Gasteiger partial charge in [-0.2, -0.15) is 0 Å². The highest BCUT2D eigenvalue weighted by atomic mass is 15.2. The van der Waals surface area contributed by atoms with E-state index >= 15 is 0 Å². The summed E-state index contributed by atoms with van der Waals surface area (Å²) in [5, 5.41) is 3.53. The molecule has 0 atom stereocenters. The number of piperazine rings is 1. The minimum Gasteiger partial charge on any atom is -0.314 e. The summed E-state index contributed by atoms with van der Waals surface area (Å²) < 4.78 is 0. The van der Waals surface area contributed by atoms with Gasteiger partial charge in [0, 0.05) is 26.2 Å². The molecule has 0 bridgehead atoms. The van der Waals surface area contributed by atoms with Crippen LogP contribution in [-0.4, -0.2) is 31.1 Å². The summed E-state index contributed by atoms with van der Waals surface area (Å²) in [7, 11) is 0. The summed E-state index contributed by atoms with van der Waals surface area (Å²) in [4.78, 5) is 2.67. The molecule has 1 N–H and O–H groups in total. The van der Waals surface area contributed by atoms with Crippen LogP contribution in [0, 0.1) is 0 Å². The third-order valence-electron chi connectivity index (χ3n) is 5.76. The predicted octanol–water partition coefficient (Wildman–Crippen LogP) is 4.45. The molecule has 4 rings (SSSR count). The quantitative estimate of drug-likeness (QED) is 0.680. The van der Waals surface area contributed by atoms with Gasteiger partial charge in [-0.3, -0.25) is 4.90 Å². The minimum absolute atomic E-state index is 0.267. The van der Waals surface area contributed by atoms with Crippen LogP contribution in [0.2, 0.25) is 0 Å². The molecule has 1 aliphatic heterocycles. The van der Waals surface area contributed by atoms with Crippen LogP contribution in [0.5, 0.6) is 0 Å². The molecule has 0 amide bonds. The first-order valence-electron chi connectivity index (χ1n) is 10.0. The monoisotopic (exact) mass is 356 g/mol. The molecule has 1 fully saturated rings. The van der Waals surface area contributed by atoms with E-state index in [1.165, 1.54) is 22.3 Å². The van der Waals surface area contributed by atoms with Crippen LogP contribution in [-0.2, 0) is 12.0 Å². The van der Waals surface area contributed by atoms with Gasteiger partial charge in [-0.05, 0) is 28.7 Å². The van der Waals surface area contributed by atoms with Gasteiger partial charge in [-0.25, -0.2) is 0 Å². The van der Waals surface area contributed by atoms with Gasteiger partial charge in [-0.1, -0.05) is 91.9 Å². The van der Waals surface area contributed by atoms with E-state index in [0.717, 1.165) is 32.6 Å². The first-order chi connectivity index (χ1) is 13.4. The molecule has 2 heteroatoms. The second kappa shape index (κ2) is 8.08. The zero-order valence-electron chi connectivity index (χ0n) is 16.1. The predicted molar refractivity (Wildman–Crippen MR) is 113 cm³/mol. The minimum atomic E-state index is -0.267. The van der Waals surface area contributed by atoms with Crippen LogP contribution in [0.4, 0.5) is 0 Å². The average Bonchev–Trinajstić information content (AvgIpc) is 2.77. The van der Waals surface area contributed by atoms with E-state index in [2.05, 4.69) is 102 Å². The Balaban J connectivity index is 2.06. The van der Waals surface area contributed by atoms with E-state index < -0.39 is 0 Å². The van der Waals surface area contributed by atoms with Gasteiger partial charge >= 0.3 is 0 Å². The third-order valence-corrected chi connectivity index (χ3v) is 5.76. The maximum Gasteiger partial charge on any atom is 0.0976 e. The molecule has 0 aromatic heterocycles. The average molecular weight is 357 g/mol. The molecule has 0 spiro atoms. The second-order valence-corrected chi connectivity index (χ2v) is 7.19. The van der Waals surface area contributed by atoms with Crippen LogP contribution >= 0.6 is 0 Å². The molecule has 1 aliphatic rings. The molecular formula is C25H28N2. The van der Waals surface area contributed by atoms with Crippen molar-refractivity contribution in [1.82, 2.24) is 10.2 Å². The van der Waals surface area contributed by atoms with Crippen LogP contribution in [0.15, 0.2) is 84.9 Å². The van der Waals surface area contributed by atoms with Crippen molar-refractivity contribution in [2.75, 3.05) is 26.2 Å². The molecule has 2 nitrogen and oxygen atoms in total. The molecule has 1 heterocycles. The Labute approximate surface area is 162 Å². The zero-order valence-corrected chi connectivity index (χ0v) is 16.1. The lowest BCUT2D eigenvalue weighted by molar-refractivity contribution is 0.136.